The van der Waals surface area contributed by atoms with E-state index in [0.717, 1.165) is 31.4 Å². The zero-order valence-electron chi connectivity index (χ0n) is 14.8. The van der Waals surface area contributed by atoms with Gasteiger partial charge in [-0.05, 0) is 44.0 Å². The van der Waals surface area contributed by atoms with Gasteiger partial charge in [-0.2, -0.15) is 0 Å². The minimum Gasteiger partial charge on any atom is -0.497 e. The number of methoxy groups -OCH3 is 1. The van der Waals surface area contributed by atoms with Crippen LogP contribution < -0.4 is 10.1 Å². The molecule has 0 radical (unpaired) electrons. The molecule has 1 aliphatic carbocycles. The summed E-state index contributed by atoms with van der Waals surface area (Å²) in [6, 6.07) is 7.51. The Morgan fingerprint density at radius 1 is 1.20 bits per heavy atom. The van der Waals surface area contributed by atoms with Gasteiger partial charge in [0.1, 0.15) is 5.75 Å². The van der Waals surface area contributed by atoms with E-state index in [1.165, 1.54) is 0 Å². The number of carbonyl (C=O) groups is 2. The Bertz CT molecular complexity index is 676. The maximum Gasteiger partial charge on any atom is 0.253 e. The van der Waals surface area contributed by atoms with Crippen molar-refractivity contribution in [2.45, 2.75) is 50.4 Å². The zero-order chi connectivity index (χ0) is 17.6. The van der Waals surface area contributed by atoms with Crippen molar-refractivity contribution in [2.24, 2.45) is 0 Å². The standard InChI is InChI=1S/C19H25N3O3/c1-13-17(23)22(15-5-6-15)19(20-13)9-11-21(12-10-19)18(24)14-3-7-16(25-2)8-4-14/h3-4,7-8,13,15,20H,5-6,9-12H2,1-2H3/t13-/m0/s1. The summed E-state index contributed by atoms with van der Waals surface area (Å²) in [5, 5.41) is 3.53. The molecule has 6 heteroatoms. The molecule has 134 valence electrons. The summed E-state index contributed by atoms with van der Waals surface area (Å²) in [5.41, 5.74) is 0.425. The fourth-order valence-corrected chi connectivity index (χ4v) is 4.20. The lowest BCUT2D eigenvalue weighted by Gasteiger charge is -2.45. The average Bonchev–Trinajstić information content (AvgIpc) is 3.43. The number of hydrogen-bond donors (Lipinski definition) is 1. The Hall–Kier alpha value is -2.08. The van der Waals surface area contributed by atoms with E-state index in [1.807, 2.05) is 36.1 Å². The van der Waals surface area contributed by atoms with Crippen LogP contribution in [0, 0.1) is 0 Å². The fourth-order valence-electron chi connectivity index (χ4n) is 4.20. The zero-order valence-corrected chi connectivity index (χ0v) is 14.8. The highest BCUT2D eigenvalue weighted by Gasteiger charge is 2.54. The SMILES string of the molecule is COc1ccc(C(=O)N2CCC3(CC2)N[C@@H](C)C(=O)N3C2CC2)cc1. The third-order valence-corrected chi connectivity index (χ3v) is 5.68. The maximum atomic E-state index is 12.7. The first-order chi connectivity index (χ1) is 12.0. The van der Waals surface area contributed by atoms with E-state index in [2.05, 4.69) is 10.2 Å². The van der Waals surface area contributed by atoms with E-state index in [1.54, 1.807) is 7.11 Å². The highest BCUT2D eigenvalue weighted by Crippen LogP contribution is 2.41. The van der Waals surface area contributed by atoms with Gasteiger partial charge in [0, 0.05) is 37.5 Å². The maximum absolute atomic E-state index is 12.7. The number of nitrogens with one attached hydrogen (secondary N) is 1. The summed E-state index contributed by atoms with van der Waals surface area (Å²) in [6.45, 7) is 3.28. The molecule has 25 heavy (non-hydrogen) atoms. The lowest BCUT2D eigenvalue weighted by atomic mass is 9.95. The second-order valence-corrected chi connectivity index (χ2v) is 7.36. The van der Waals surface area contributed by atoms with E-state index in [-0.39, 0.29) is 23.5 Å². The monoisotopic (exact) mass is 343 g/mol. The van der Waals surface area contributed by atoms with Gasteiger partial charge < -0.3 is 14.5 Å². The Morgan fingerprint density at radius 3 is 2.40 bits per heavy atom. The van der Waals surface area contributed by atoms with Crippen molar-refractivity contribution in [2.75, 3.05) is 20.2 Å². The van der Waals surface area contributed by atoms with Crippen molar-refractivity contribution in [1.29, 1.82) is 0 Å². The van der Waals surface area contributed by atoms with Crippen LogP contribution >= 0.6 is 0 Å². The molecule has 1 spiro atoms. The molecule has 1 aromatic rings. The van der Waals surface area contributed by atoms with Crippen LogP contribution in [0.15, 0.2) is 24.3 Å². The van der Waals surface area contributed by atoms with Gasteiger partial charge in [0.05, 0.1) is 18.8 Å². The van der Waals surface area contributed by atoms with Gasteiger partial charge in [0.15, 0.2) is 0 Å². The molecule has 2 amide bonds. The van der Waals surface area contributed by atoms with Crippen LogP contribution in [-0.2, 0) is 4.79 Å². The van der Waals surface area contributed by atoms with E-state index >= 15 is 0 Å². The molecule has 4 rings (SSSR count). The second kappa shape index (κ2) is 6.02. The molecule has 1 N–H and O–H groups in total. The van der Waals surface area contributed by atoms with Crippen LogP contribution in [0.25, 0.3) is 0 Å². The number of amides is 2. The molecule has 1 atom stereocenters. The first-order valence-corrected chi connectivity index (χ1v) is 9.08. The van der Waals surface area contributed by atoms with E-state index in [0.29, 0.717) is 24.7 Å². The van der Waals surface area contributed by atoms with Gasteiger partial charge in [-0.15, -0.1) is 0 Å². The average molecular weight is 343 g/mol. The molecule has 1 aromatic carbocycles. The van der Waals surface area contributed by atoms with Crippen molar-refractivity contribution < 1.29 is 14.3 Å². The Morgan fingerprint density at radius 2 is 1.84 bits per heavy atom. The summed E-state index contributed by atoms with van der Waals surface area (Å²) in [7, 11) is 1.61. The summed E-state index contributed by atoms with van der Waals surface area (Å²) in [5.74, 6) is 1.02. The molecule has 6 nitrogen and oxygen atoms in total. The molecule has 3 fully saturated rings. The van der Waals surface area contributed by atoms with Crippen LogP contribution in [0.3, 0.4) is 0 Å². The van der Waals surface area contributed by atoms with Crippen LogP contribution in [0.4, 0.5) is 0 Å². The largest absolute Gasteiger partial charge is 0.497 e. The van der Waals surface area contributed by atoms with Gasteiger partial charge in [-0.3, -0.25) is 14.9 Å². The molecule has 0 aromatic heterocycles. The van der Waals surface area contributed by atoms with Crippen LogP contribution in [0.2, 0.25) is 0 Å². The van der Waals surface area contributed by atoms with Crippen molar-refractivity contribution in [3.63, 3.8) is 0 Å². The summed E-state index contributed by atoms with van der Waals surface area (Å²) >= 11 is 0. The molecule has 1 saturated carbocycles. The fraction of sp³-hybridized carbons (Fsp3) is 0.579. The molecular formula is C19H25N3O3. The van der Waals surface area contributed by atoms with E-state index < -0.39 is 0 Å². The van der Waals surface area contributed by atoms with Gasteiger partial charge >= 0.3 is 0 Å². The van der Waals surface area contributed by atoms with Crippen LogP contribution in [-0.4, -0.2) is 59.6 Å². The number of rotatable bonds is 3. The topological polar surface area (TPSA) is 61.9 Å². The number of benzene rings is 1. The summed E-state index contributed by atoms with van der Waals surface area (Å²) in [6.07, 6.45) is 3.80. The molecule has 2 saturated heterocycles. The highest BCUT2D eigenvalue weighted by atomic mass is 16.5. The highest BCUT2D eigenvalue weighted by molar-refractivity contribution is 5.94. The van der Waals surface area contributed by atoms with Crippen molar-refractivity contribution in [1.82, 2.24) is 15.1 Å². The number of piperidine rings is 1. The molecule has 0 bridgehead atoms. The third kappa shape index (κ3) is 2.78. The molecule has 2 heterocycles. The Labute approximate surface area is 148 Å². The van der Waals surface area contributed by atoms with Crippen LogP contribution in [0.1, 0.15) is 43.0 Å². The minimum absolute atomic E-state index is 0.0489. The first-order valence-electron chi connectivity index (χ1n) is 9.08. The number of likely N-dealkylation sites (tertiary alicyclic amines) is 1. The lowest BCUT2D eigenvalue weighted by Crippen LogP contribution is -2.60. The summed E-state index contributed by atoms with van der Waals surface area (Å²) in [4.78, 5) is 29.3. The Balaban J connectivity index is 1.45. The predicted molar refractivity (Wildman–Crippen MR) is 93.3 cm³/mol. The van der Waals surface area contributed by atoms with Crippen molar-refractivity contribution >= 4 is 11.8 Å². The number of ether oxygens (including phenoxy) is 1. The number of carbonyl (C=O) groups excluding carboxylic acids is 2. The molecule has 3 aliphatic rings. The third-order valence-electron chi connectivity index (χ3n) is 5.68. The number of nitrogens with zero attached hydrogens (tertiary/aromatic N) is 2. The van der Waals surface area contributed by atoms with Crippen molar-refractivity contribution in [3.8, 4) is 5.75 Å². The lowest BCUT2D eigenvalue weighted by molar-refractivity contribution is -0.133. The van der Waals surface area contributed by atoms with Gasteiger partial charge in [-0.25, -0.2) is 0 Å². The smallest absolute Gasteiger partial charge is 0.253 e. The van der Waals surface area contributed by atoms with E-state index in [9.17, 15) is 9.59 Å². The normalized spacial score (nSPS) is 25.5. The molecule has 2 aliphatic heterocycles. The second-order valence-electron chi connectivity index (χ2n) is 7.36. The quantitative estimate of drug-likeness (QED) is 0.906. The first kappa shape index (κ1) is 16.4. The van der Waals surface area contributed by atoms with Crippen LogP contribution in [0.5, 0.6) is 5.75 Å². The van der Waals surface area contributed by atoms with Gasteiger partial charge in [0.2, 0.25) is 5.91 Å². The van der Waals surface area contributed by atoms with Gasteiger partial charge in [0.25, 0.3) is 5.91 Å². The predicted octanol–water partition coefficient (Wildman–Crippen LogP) is 1.61. The van der Waals surface area contributed by atoms with E-state index in [4.69, 9.17) is 4.74 Å². The Kier molecular flexibility index (Phi) is 3.95. The molecule has 0 unspecified atom stereocenters. The summed E-state index contributed by atoms with van der Waals surface area (Å²) < 4.78 is 5.15. The molecular weight excluding hydrogens is 318 g/mol. The van der Waals surface area contributed by atoms with Crippen molar-refractivity contribution in [3.05, 3.63) is 29.8 Å². The van der Waals surface area contributed by atoms with Gasteiger partial charge in [-0.1, -0.05) is 0 Å². The number of hydrogen-bond acceptors (Lipinski definition) is 4. The minimum atomic E-state index is -0.256.